The lowest BCUT2D eigenvalue weighted by Gasteiger charge is -2.11. The Kier molecular flexibility index (Phi) is 5.13. The van der Waals surface area contributed by atoms with Gasteiger partial charge in [-0.25, -0.2) is 9.50 Å². The molecular formula is C19H12BrF3N4OS. The zero-order valence-corrected chi connectivity index (χ0v) is 17.0. The molecule has 0 saturated heterocycles. The van der Waals surface area contributed by atoms with Crippen molar-refractivity contribution in [3.8, 4) is 11.3 Å². The molecule has 0 aliphatic heterocycles. The van der Waals surface area contributed by atoms with Crippen molar-refractivity contribution < 1.29 is 18.0 Å². The lowest BCUT2D eigenvalue weighted by Crippen LogP contribution is -2.23. The van der Waals surface area contributed by atoms with Gasteiger partial charge in [-0.05, 0) is 33.4 Å². The van der Waals surface area contributed by atoms with Crippen molar-refractivity contribution in [2.24, 2.45) is 0 Å². The van der Waals surface area contributed by atoms with E-state index in [1.807, 2.05) is 17.5 Å². The Morgan fingerprint density at radius 2 is 1.93 bits per heavy atom. The Morgan fingerprint density at radius 1 is 1.17 bits per heavy atom. The van der Waals surface area contributed by atoms with Crippen LogP contribution in [0.2, 0.25) is 0 Å². The van der Waals surface area contributed by atoms with Crippen LogP contribution in [0.25, 0.3) is 16.9 Å². The van der Waals surface area contributed by atoms with E-state index in [9.17, 15) is 18.0 Å². The molecule has 4 rings (SSSR count). The van der Waals surface area contributed by atoms with Gasteiger partial charge in [0.25, 0.3) is 5.91 Å². The second kappa shape index (κ2) is 7.60. The van der Waals surface area contributed by atoms with Gasteiger partial charge in [-0.1, -0.05) is 36.4 Å². The van der Waals surface area contributed by atoms with Crippen molar-refractivity contribution in [3.63, 3.8) is 0 Å². The molecule has 1 amide bonds. The first-order valence-electron chi connectivity index (χ1n) is 8.37. The second-order valence-corrected chi connectivity index (χ2v) is 7.88. The van der Waals surface area contributed by atoms with Crippen LogP contribution in [0.15, 0.2) is 58.4 Å². The number of aromatic nitrogens is 3. The summed E-state index contributed by atoms with van der Waals surface area (Å²) >= 11 is 4.67. The summed E-state index contributed by atoms with van der Waals surface area (Å²) < 4.78 is 41.8. The van der Waals surface area contributed by atoms with Gasteiger partial charge in [0.1, 0.15) is 0 Å². The number of fused-ring (bicyclic) bond motifs is 1. The number of rotatable bonds is 4. The molecule has 0 bridgehead atoms. The molecule has 148 valence electrons. The van der Waals surface area contributed by atoms with Gasteiger partial charge in [0.2, 0.25) is 0 Å². The number of benzene rings is 1. The van der Waals surface area contributed by atoms with Crippen molar-refractivity contribution >= 4 is 38.8 Å². The molecule has 3 heterocycles. The van der Waals surface area contributed by atoms with E-state index in [0.29, 0.717) is 10.1 Å². The summed E-state index contributed by atoms with van der Waals surface area (Å²) in [4.78, 5) is 17.7. The van der Waals surface area contributed by atoms with Crippen LogP contribution in [0.1, 0.15) is 21.1 Å². The Balaban J connectivity index is 1.80. The van der Waals surface area contributed by atoms with E-state index >= 15 is 0 Å². The van der Waals surface area contributed by atoms with Crippen LogP contribution in [0, 0.1) is 0 Å². The largest absolute Gasteiger partial charge is 0.433 e. The van der Waals surface area contributed by atoms with E-state index in [1.165, 1.54) is 11.3 Å². The molecule has 0 radical (unpaired) electrons. The molecule has 0 atom stereocenters. The average molecular weight is 481 g/mol. The third-order valence-electron chi connectivity index (χ3n) is 4.11. The number of nitrogens with zero attached hydrogens (tertiary/aromatic N) is 3. The molecular weight excluding hydrogens is 469 g/mol. The van der Waals surface area contributed by atoms with Gasteiger partial charge >= 0.3 is 6.18 Å². The number of carbonyl (C=O) groups is 1. The number of nitrogens with one attached hydrogen (secondary N) is 1. The Morgan fingerprint density at radius 3 is 2.59 bits per heavy atom. The molecule has 0 unspecified atom stereocenters. The van der Waals surface area contributed by atoms with Crippen molar-refractivity contribution in [3.05, 3.63) is 74.6 Å². The molecule has 1 aromatic carbocycles. The summed E-state index contributed by atoms with van der Waals surface area (Å²) in [6.45, 7) is 0.256. The number of hydrogen-bond acceptors (Lipinski definition) is 4. The fourth-order valence-corrected chi connectivity index (χ4v) is 3.92. The molecule has 1 N–H and O–H groups in total. The fourth-order valence-electron chi connectivity index (χ4n) is 2.76. The highest BCUT2D eigenvalue weighted by atomic mass is 79.9. The normalized spacial score (nSPS) is 11.7. The Hall–Kier alpha value is -2.72. The minimum Gasteiger partial charge on any atom is -0.346 e. The van der Waals surface area contributed by atoms with E-state index in [-0.39, 0.29) is 28.1 Å². The summed E-state index contributed by atoms with van der Waals surface area (Å²) in [6.07, 6.45) is -4.68. The zero-order chi connectivity index (χ0) is 20.6. The van der Waals surface area contributed by atoms with Crippen LogP contribution < -0.4 is 5.32 Å². The first-order valence-corrected chi connectivity index (χ1v) is 10.0. The summed E-state index contributed by atoms with van der Waals surface area (Å²) in [6, 6.07) is 13.1. The van der Waals surface area contributed by atoms with Crippen LogP contribution >= 0.6 is 27.3 Å². The van der Waals surface area contributed by atoms with Crippen molar-refractivity contribution in [1.82, 2.24) is 19.9 Å². The zero-order valence-electron chi connectivity index (χ0n) is 14.6. The molecule has 29 heavy (non-hydrogen) atoms. The highest BCUT2D eigenvalue weighted by Crippen LogP contribution is 2.34. The molecule has 0 aliphatic carbocycles. The maximum atomic E-state index is 13.7. The highest BCUT2D eigenvalue weighted by Gasteiger charge is 2.36. The predicted octanol–water partition coefficient (Wildman–Crippen LogP) is 5.17. The van der Waals surface area contributed by atoms with E-state index in [0.717, 1.165) is 10.9 Å². The minimum atomic E-state index is -4.68. The average Bonchev–Trinajstić information content (AvgIpc) is 3.33. The van der Waals surface area contributed by atoms with Crippen molar-refractivity contribution in [2.45, 2.75) is 12.7 Å². The Labute approximate surface area is 175 Å². The van der Waals surface area contributed by atoms with Gasteiger partial charge in [-0.3, -0.25) is 4.79 Å². The van der Waals surface area contributed by atoms with Gasteiger partial charge in [-0.2, -0.15) is 18.3 Å². The van der Waals surface area contributed by atoms with Gasteiger partial charge < -0.3 is 5.32 Å². The topological polar surface area (TPSA) is 59.3 Å². The number of thiophene rings is 1. The first-order chi connectivity index (χ1) is 13.8. The molecule has 0 fully saturated rings. The Bertz CT molecular complexity index is 1170. The van der Waals surface area contributed by atoms with Crippen LogP contribution in [0.3, 0.4) is 0 Å². The number of hydrogen-bond donors (Lipinski definition) is 1. The number of alkyl halides is 3. The van der Waals surface area contributed by atoms with E-state index in [4.69, 9.17) is 0 Å². The third kappa shape index (κ3) is 3.90. The maximum Gasteiger partial charge on any atom is 0.433 e. The predicted molar refractivity (Wildman–Crippen MR) is 107 cm³/mol. The van der Waals surface area contributed by atoms with Crippen LogP contribution in [-0.2, 0) is 12.7 Å². The maximum absolute atomic E-state index is 13.7. The summed E-state index contributed by atoms with van der Waals surface area (Å²) in [5.74, 6) is -0.592. The van der Waals surface area contributed by atoms with Crippen molar-refractivity contribution in [1.29, 1.82) is 0 Å². The molecule has 0 saturated carbocycles. The van der Waals surface area contributed by atoms with Gasteiger partial charge in [0.15, 0.2) is 17.0 Å². The summed E-state index contributed by atoms with van der Waals surface area (Å²) in [7, 11) is 0. The minimum absolute atomic E-state index is 0.0834. The monoisotopic (exact) mass is 480 g/mol. The van der Waals surface area contributed by atoms with E-state index in [1.54, 1.807) is 30.3 Å². The summed E-state index contributed by atoms with van der Waals surface area (Å²) in [5.41, 5.74) is -0.599. The standard InChI is InChI=1S/C19H12BrF3N4OS/c20-15-16(18(28)24-10-12-7-4-8-29-12)26-27-14(19(21,22)23)9-13(25-17(15)27)11-5-2-1-3-6-11/h1-9H,10H2,(H,24,28). The SMILES string of the molecule is O=C(NCc1cccs1)c1nn2c(C(F)(F)F)cc(-c3ccccc3)nc2c1Br. The van der Waals surface area contributed by atoms with Gasteiger partial charge in [0, 0.05) is 10.4 Å². The molecule has 5 nitrogen and oxygen atoms in total. The summed E-state index contributed by atoms with van der Waals surface area (Å²) in [5, 5.41) is 8.42. The highest BCUT2D eigenvalue weighted by molar-refractivity contribution is 9.10. The number of carbonyl (C=O) groups excluding carboxylic acids is 1. The van der Waals surface area contributed by atoms with Crippen molar-refractivity contribution in [2.75, 3.05) is 0 Å². The lowest BCUT2D eigenvalue weighted by atomic mass is 10.1. The van der Waals surface area contributed by atoms with Crippen LogP contribution in [-0.4, -0.2) is 20.5 Å². The number of halogens is 4. The van der Waals surface area contributed by atoms with Crippen LogP contribution in [0.4, 0.5) is 13.2 Å². The quantitative estimate of drug-likeness (QED) is 0.438. The van der Waals surface area contributed by atoms with E-state index in [2.05, 4.69) is 31.3 Å². The third-order valence-corrected chi connectivity index (χ3v) is 5.72. The number of amides is 1. The fraction of sp³-hybridized carbons (Fsp3) is 0.105. The molecule has 0 spiro atoms. The van der Waals surface area contributed by atoms with Gasteiger partial charge in [-0.15, -0.1) is 11.3 Å². The molecule has 10 heteroatoms. The molecule has 4 aromatic rings. The first kappa shape index (κ1) is 19.6. The van der Waals surface area contributed by atoms with Gasteiger partial charge in [0.05, 0.1) is 16.7 Å². The molecule has 3 aromatic heterocycles. The smallest absolute Gasteiger partial charge is 0.346 e. The lowest BCUT2D eigenvalue weighted by molar-refractivity contribution is -0.142. The van der Waals surface area contributed by atoms with E-state index < -0.39 is 17.8 Å². The molecule has 0 aliphatic rings. The van der Waals surface area contributed by atoms with Crippen LogP contribution in [0.5, 0.6) is 0 Å². The second-order valence-electron chi connectivity index (χ2n) is 6.05.